The number of nitrogen functional groups attached to an aromatic ring is 1. The first-order valence-corrected chi connectivity index (χ1v) is 7.55. The lowest BCUT2D eigenvalue weighted by Gasteiger charge is -2.21. The fourth-order valence-electron chi connectivity index (χ4n) is 2.72. The van der Waals surface area contributed by atoms with Crippen molar-refractivity contribution in [3.8, 4) is 0 Å². The molecule has 1 aliphatic heterocycles. The highest BCUT2D eigenvalue weighted by atomic mass is 16.2. The van der Waals surface area contributed by atoms with Crippen LogP contribution in [0.2, 0.25) is 0 Å². The van der Waals surface area contributed by atoms with E-state index in [0.717, 1.165) is 25.9 Å². The summed E-state index contributed by atoms with van der Waals surface area (Å²) in [5.41, 5.74) is 6.95. The number of aromatic nitrogens is 1. The maximum atomic E-state index is 12.3. The van der Waals surface area contributed by atoms with Crippen molar-refractivity contribution in [3.63, 3.8) is 0 Å². The van der Waals surface area contributed by atoms with E-state index in [0.29, 0.717) is 24.3 Å². The van der Waals surface area contributed by atoms with Crippen LogP contribution in [0, 0.1) is 0 Å². The zero-order valence-electron chi connectivity index (χ0n) is 12.8. The van der Waals surface area contributed by atoms with Gasteiger partial charge in [-0.2, -0.15) is 0 Å². The standard InChI is InChI=1S/C15H24N4O2/c1-3-6-18-10-12(16)8-13(18)15(21)17-11(2)9-19-7-4-5-14(19)20/h8,10-11H,3-7,9,16H2,1-2H3,(H,17,21). The van der Waals surface area contributed by atoms with Gasteiger partial charge in [0, 0.05) is 38.3 Å². The summed E-state index contributed by atoms with van der Waals surface area (Å²) >= 11 is 0. The minimum atomic E-state index is -0.140. The summed E-state index contributed by atoms with van der Waals surface area (Å²) in [7, 11) is 0. The van der Waals surface area contributed by atoms with Crippen LogP contribution in [0.25, 0.3) is 0 Å². The van der Waals surface area contributed by atoms with Gasteiger partial charge in [-0.05, 0) is 25.8 Å². The maximum absolute atomic E-state index is 12.3. The van der Waals surface area contributed by atoms with Crippen LogP contribution in [0.4, 0.5) is 5.69 Å². The van der Waals surface area contributed by atoms with Gasteiger partial charge in [-0.15, -0.1) is 0 Å². The SMILES string of the molecule is CCCn1cc(N)cc1C(=O)NC(C)CN1CCCC1=O. The normalized spacial score (nSPS) is 16.3. The molecule has 2 heterocycles. The summed E-state index contributed by atoms with van der Waals surface area (Å²) < 4.78 is 1.87. The van der Waals surface area contributed by atoms with Gasteiger partial charge in [0.15, 0.2) is 0 Å². The molecule has 1 unspecified atom stereocenters. The number of likely N-dealkylation sites (tertiary alicyclic amines) is 1. The van der Waals surface area contributed by atoms with Crippen LogP contribution < -0.4 is 11.1 Å². The van der Waals surface area contributed by atoms with Crippen LogP contribution in [-0.2, 0) is 11.3 Å². The van der Waals surface area contributed by atoms with Gasteiger partial charge < -0.3 is 20.5 Å². The molecule has 2 rings (SSSR count). The van der Waals surface area contributed by atoms with Crippen LogP contribution in [-0.4, -0.2) is 40.4 Å². The van der Waals surface area contributed by atoms with Crippen molar-refractivity contribution < 1.29 is 9.59 Å². The van der Waals surface area contributed by atoms with Gasteiger partial charge in [0.05, 0.1) is 5.69 Å². The molecule has 6 nitrogen and oxygen atoms in total. The number of nitrogens with zero attached hydrogens (tertiary/aromatic N) is 2. The third-order valence-corrected chi connectivity index (χ3v) is 3.66. The number of nitrogens with one attached hydrogen (secondary N) is 1. The third kappa shape index (κ3) is 3.77. The molecule has 1 aromatic heterocycles. The Morgan fingerprint density at radius 3 is 2.90 bits per heavy atom. The van der Waals surface area contributed by atoms with Crippen molar-refractivity contribution in [2.45, 2.75) is 45.7 Å². The van der Waals surface area contributed by atoms with Gasteiger partial charge in [-0.1, -0.05) is 6.92 Å². The highest BCUT2D eigenvalue weighted by Gasteiger charge is 2.23. The van der Waals surface area contributed by atoms with E-state index in [-0.39, 0.29) is 17.9 Å². The molecular weight excluding hydrogens is 268 g/mol. The topological polar surface area (TPSA) is 80.4 Å². The van der Waals surface area contributed by atoms with Gasteiger partial charge >= 0.3 is 0 Å². The Balaban J connectivity index is 1.95. The minimum Gasteiger partial charge on any atom is -0.397 e. The van der Waals surface area contributed by atoms with Crippen molar-refractivity contribution in [2.24, 2.45) is 0 Å². The molecule has 0 bridgehead atoms. The number of aryl methyl sites for hydroxylation is 1. The van der Waals surface area contributed by atoms with E-state index in [1.807, 2.05) is 16.4 Å². The Hall–Kier alpha value is -1.98. The van der Waals surface area contributed by atoms with Gasteiger partial charge in [-0.25, -0.2) is 0 Å². The molecule has 0 saturated carbocycles. The van der Waals surface area contributed by atoms with Crippen molar-refractivity contribution in [2.75, 3.05) is 18.8 Å². The van der Waals surface area contributed by atoms with Crippen molar-refractivity contribution in [1.29, 1.82) is 0 Å². The van der Waals surface area contributed by atoms with Gasteiger partial charge in [0.25, 0.3) is 5.91 Å². The minimum absolute atomic E-state index is 0.0780. The molecule has 3 N–H and O–H groups in total. The predicted octanol–water partition coefficient (Wildman–Crippen LogP) is 1.22. The number of amides is 2. The van der Waals surface area contributed by atoms with E-state index < -0.39 is 0 Å². The molecule has 0 spiro atoms. The number of hydrogen-bond acceptors (Lipinski definition) is 3. The average Bonchev–Trinajstić information content (AvgIpc) is 2.97. The van der Waals surface area contributed by atoms with Crippen LogP contribution in [0.5, 0.6) is 0 Å². The van der Waals surface area contributed by atoms with Crippen LogP contribution in [0.3, 0.4) is 0 Å². The zero-order valence-corrected chi connectivity index (χ0v) is 12.8. The van der Waals surface area contributed by atoms with E-state index in [9.17, 15) is 9.59 Å². The molecule has 1 atom stereocenters. The fourth-order valence-corrected chi connectivity index (χ4v) is 2.72. The number of nitrogens with two attached hydrogens (primary N) is 1. The molecule has 1 fully saturated rings. The average molecular weight is 292 g/mol. The van der Waals surface area contributed by atoms with E-state index in [4.69, 9.17) is 5.73 Å². The zero-order chi connectivity index (χ0) is 15.4. The van der Waals surface area contributed by atoms with E-state index in [1.165, 1.54) is 0 Å². The second-order valence-electron chi connectivity index (χ2n) is 5.67. The molecular formula is C15H24N4O2. The predicted molar refractivity (Wildman–Crippen MR) is 81.9 cm³/mol. The molecule has 1 saturated heterocycles. The monoisotopic (exact) mass is 292 g/mol. The summed E-state index contributed by atoms with van der Waals surface area (Å²) in [6.45, 7) is 6.09. The van der Waals surface area contributed by atoms with E-state index in [2.05, 4.69) is 12.2 Å². The number of carbonyl (C=O) groups excluding carboxylic acids is 2. The molecule has 21 heavy (non-hydrogen) atoms. The molecule has 116 valence electrons. The Bertz CT molecular complexity index is 524. The maximum Gasteiger partial charge on any atom is 0.268 e. The summed E-state index contributed by atoms with van der Waals surface area (Å²) in [4.78, 5) is 25.7. The van der Waals surface area contributed by atoms with Gasteiger partial charge in [-0.3, -0.25) is 9.59 Å². The Morgan fingerprint density at radius 1 is 1.52 bits per heavy atom. The summed E-state index contributed by atoms with van der Waals surface area (Å²) in [5.74, 6) is 0.0361. The quantitative estimate of drug-likeness (QED) is 0.827. The van der Waals surface area contributed by atoms with Crippen LogP contribution in [0.15, 0.2) is 12.3 Å². The summed E-state index contributed by atoms with van der Waals surface area (Å²) in [5, 5.41) is 2.95. The van der Waals surface area contributed by atoms with Gasteiger partial charge in [0.2, 0.25) is 5.91 Å². The Kier molecular flexibility index (Phi) is 4.88. The van der Waals surface area contributed by atoms with Crippen LogP contribution >= 0.6 is 0 Å². The second-order valence-corrected chi connectivity index (χ2v) is 5.67. The second kappa shape index (κ2) is 6.65. The lowest BCUT2D eigenvalue weighted by Crippen LogP contribution is -2.42. The van der Waals surface area contributed by atoms with E-state index >= 15 is 0 Å². The largest absolute Gasteiger partial charge is 0.397 e. The molecule has 1 aliphatic rings. The molecule has 0 aliphatic carbocycles. The molecule has 6 heteroatoms. The van der Waals surface area contributed by atoms with Crippen molar-refractivity contribution in [3.05, 3.63) is 18.0 Å². The summed E-state index contributed by atoms with van der Waals surface area (Å²) in [6.07, 6.45) is 4.26. The van der Waals surface area contributed by atoms with Crippen molar-refractivity contribution in [1.82, 2.24) is 14.8 Å². The van der Waals surface area contributed by atoms with Crippen molar-refractivity contribution >= 4 is 17.5 Å². The lowest BCUT2D eigenvalue weighted by atomic mass is 10.3. The smallest absolute Gasteiger partial charge is 0.268 e. The number of anilines is 1. The van der Waals surface area contributed by atoms with Crippen LogP contribution in [0.1, 0.15) is 43.6 Å². The Morgan fingerprint density at radius 2 is 2.29 bits per heavy atom. The number of carbonyl (C=O) groups is 2. The number of rotatable bonds is 6. The molecule has 2 amide bonds. The molecule has 1 aromatic rings. The first kappa shape index (κ1) is 15.4. The highest BCUT2D eigenvalue weighted by Crippen LogP contribution is 2.13. The first-order chi connectivity index (χ1) is 10.0. The molecule has 0 aromatic carbocycles. The van der Waals surface area contributed by atoms with E-state index in [1.54, 1.807) is 12.3 Å². The lowest BCUT2D eigenvalue weighted by molar-refractivity contribution is -0.127. The number of hydrogen-bond donors (Lipinski definition) is 2. The molecule has 0 radical (unpaired) electrons. The summed E-state index contributed by atoms with van der Waals surface area (Å²) in [6, 6.07) is 1.62. The first-order valence-electron chi connectivity index (χ1n) is 7.55. The van der Waals surface area contributed by atoms with Gasteiger partial charge in [0.1, 0.15) is 5.69 Å². The highest BCUT2D eigenvalue weighted by molar-refractivity contribution is 5.94. The fraction of sp³-hybridized carbons (Fsp3) is 0.600. The third-order valence-electron chi connectivity index (χ3n) is 3.66. The Labute approximate surface area is 125 Å².